The number of likely N-dealkylation sites (N-methyl/N-ethyl adjacent to an activating group) is 1. The van der Waals surface area contributed by atoms with Crippen LogP contribution in [0.5, 0.6) is 0 Å². The third-order valence-corrected chi connectivity index (χ3v) is 7.96. The van der Waals surface area contributed by atoms with Gasteiger partial charge in [-0.25, -0.2) is 13.7 Å². The summed E-state index contributed by atoms with van der Waals surface area (Å²) in [6.45, 7) is 7.62. The van der Waals surface area contributed by atoms with E-state index in [4.69, 9.17) is 0 Å². The number of piperidine rings is 1. The van der Waals surface area contributed by atoms with Crippen molar-refractivity contribution < 1.29 is 4.39 Å². The van der Waals surface area contributed by atoms with Crippen LogP contribution in [-0.4, -0.2) is 45.9 Å². The largest absolute Gasteiger partial charge is 0.296 e. The summed E-state index contributed by atoms with van der Waals surface area (Å²) in [5.74, 6) is -0.165. The maximum atomic E-state index is 13.9. The van der Waals surface area contributed by atoms with Gasteiger partial charge < -0.3 is 0 Å². The van der Waals surface area contributed by atoms with Crippen molar-refractivity contribution in [3.8, 4) is 0 Å². The number of rotatable bonds is 5. The summed E-state index contributed by atoms with van der Waals surface area (Å²) in [6, 6.07) is 7.51. The second-order valence-corrected chi connectivity index (χ2v) is 10.2. The summed E-state index contributed by atoms with van der Waals surface area (Å²) >= 11 is 3.52. The number of aromatic nitrogens is 1. The predicted molar refractivity (Wildman–Crippen MR) is 117 cm³/mol. The molecule has 0 radical (unpaired) electrons. The number of anilines is 1. The van der Waals surface area contributed by atoms with Crippen LogP contribution in [0, 0.1) is 5.82 Å². The first-order valence-electron chi connectivity index (χ1n) is 10.1. The Labute approximate surface area is 176 Å². The van der Waals surface area contributed by atoms with Crippen LogP contribution < -0.4 is 4.31 Å². The minimum atomic E-state index is -0.165. The Morgan fingerprint density at radius 3 is 2.96 bits per heavy atom. The molecule has 4 rings (SSSR count). The lowest BCUT2D eigenvalue weighted by molar-refractivity contribution is 0.101. The quantitative estimate of drug-likeness (QED) is 0.635. The highest BCUT2D eigenvalue weighted by molar-refractivity contribution is 7.98. The van der Waals surface area contributed by atoms with Gasteiger partial charge in [-0.3, -0.25) is 9.21 Å². The molecule has 1 spiro atoms. The fourth-order valence-electron chi connectivity index (χ4n) is 4.62. The van der Waals surface area contributed by atoms with Crippen molar-refractivity contribution >= 4 is 29.2 Å². The molecule has 2 aliphatic heterocycles. The normalized spacial score (nSPS) is 26.4. The van der Waals surface area contributed by atoms with E-state index in [0.717, 1.165) is 51.0 Å². The SMILES string of the molecule is CCCc1ncsc1CN1CC[C@@]2(C[C@@H]1C)CN(C)SN2c1cccc(F)c1. The fraction of sp³-hybridized carbons (Fsp3) is 0.571. The highest BCUT2D eigenvalue weighted by Gasteiger charge is 2.49. The highest BCUT2D eigenvalue weighted by Crippen LogP contribution is 2.47. The first-order valence-corrected chi connectivity index (χ1v) is 11.7. The molecule has 0 unspecified atom stereocenters. The Bertz CT molecular complexity index is 813. The lowest BCUT2D eigenvalue weighted by Gasteiger charge is -2.47. The van der Waals surface area contributed by atoms with Gasteiger partial charge in [-0.15, -0.1) is 11.3 Å². The lowest BCUT2D eigenvalue weighted by Crippen LogP contribution is -2.56. The van der Waals surface area contributed by atoms with Crippen LogP contribution in [0.1, 0.15) is 43.7 Å². The van der Waals surface area contributed by atoms with Gasteiger partial charge in [0.1, 0.15) is 5.82 Å². The van der Waals surface area contributed by atoms with E-state index in [9.17, 15) is 4.39 Å². The van der Waals surface area contributed by atoms with Gasteiger partial charge in [0.2, 0.25) is 0 Å². The molecule has 1 aromatic carbocycles. The van der Waals surface area contributed by atoms with Crippen LogP contribution in [0.2, 0.25) is 0 Å². The van der Waals surface area contributed by atoms with Gasteiger partial charge in [-0.1, -0.05) is 19.4 Å². The maximum absolute atomic E-state index is 13.9. The molecule has 2 saturated heterocycles. The molecule has 4 nitrogen and oxygen atoms in total. The molecule has 0 bridgehead atoms. The van der Waals surface area contributed by atoms with E-state index in [1.807, 2.05) is 17.6 Å². The van der Waals surface area contributed by atoms with E-state index in [1.54, 1.807) is 29.5 Å². The third-order valence-electron chi connectivity index (χ3n) is 5.93. The zero-order chi connectivity index (χ0) is 19.7. The van der Waals surface area contributed by atoms with Crippen LogP contribution in [0.15, 0.2) is 29.8 Å². The van der Waals surface area contributed by atoms with Gasteiger partial charge in [-0.05, 0) is 51.4 Å². The van der Waals surface area contributed by atoms with Crippen LogP contribution >= 0.6 is 23.5 Å². The van der Waals surface area contributed by atoms with Crippen LogP contribution in [0.25, 0.3) is 0 Å². The monoisotopic (exact) mass is 420 g/mol. The molecule has 2 fully saturated rings. The van der Waals surface area contributed by atoms with Crippen molar-refractivity contribution in [3.63, 3.8) is 0 Å². The number of halogens is 1. The van der Waals surface area contributed by atoms with Gasteiger partial charge in [-0.2, -0.15) is 0 Å². The Kier molecular flexibility index (Phi) is 5.97. The molecule has 0 aliphatic carbocycles. The van der Waals surface area contributed by atoms with E-state index in [0.29, 0.717) is 6.04 Å². The zero-order valence-electron chi connectivity index (χ0n) is 16.9. The van der Waals surface area contributed by atoms with Crippen LogP contribution in [0.4, 0.5) is 10.1 Å². The van der Waals surface area contributed by atoms with E-state index < -0.39 is 0 Å². The number of hydrogen-bond donors (Lipinski definition) is 0. The minimum absolute atomic E-state index is 0.0586. The number of thiazole rings is 1. The number of likely N-dealkylation sites (tertiary alicyclic amines) is 1. The van der Waals surface area contributed by atoms with Gasteiger partial charge in [0.05, 0.1) is 22.4 Å². The van der Waals surface area contributed by atoms with E-state index in [-0.39, 0.29) is 11.4 Å². The molecule has 1 aromatic heterocycles. The molecule has 2 aliphatic rings. The Morgan fingerprint density at radius 1 is 1.36 bits per heavy atom. The zero-order valence-corrected chi connectivity index (χ0v) is 18.5. The van der Waals surface area contributed by atoms with Crippen molar-refractivity contribution in [2.75, 3.05) is 24.4 Å². The van der Waals surface area contributed by atoms with Gasteiger partial charge in [0, 0.05) is 42.7 Å². The third kappa shape index (κ3) is 3.95. The summed E-state index contributed by atoms with van der Waals surface area (Å²) in [4.78, 5) is 8.60. The average Bonchev–Trinajstić information content (AvgIpc) is 3.22. The van der Waals surface area contributed by atoms with E-state index >= 15 is 0 Å². The smallest absolute Gasteiger partial charge is 0.125 e. The molecule has 2 aromatic rings. The van der Waals surface area contributed by atoms with Crippen molar-refractivity contribution in [2.45, 2.75) is 57.7 Å². The fourth-order valence-corrected chi connectivity index (χ4v) is 6.64. The first kappa shape index (κ1) is 20.1. The van der Waals surface area contributed by atoms with Crippen molar-refractivity contribution in [3.05, 3.63) is 46.2 Å². The Hall–Kier alpha value is -1.15. The number of aryl methyl sites for hydroxylation is 1. The van der Waals surface area contributed by atoms with E-state index in [2.05, 4.69) is 39.4 Å². The molecule has 2 atom stereocenters. The van der Waals surface area contributed by atoms with Gasteiger partial charge >= 0.3 is 0 Å². The van der Waals surface area contributed by atoms with Crippen LogP contribution in [-0.2, 0) is 13.0 Å². The summed E-state index contributed by atoms with van der Waals surface area (Å²) in [5, 5.41) is 0. The molecule has 0 amide bonds. The molecular weight excluding hydrogens is 391 g/mol. The van der Waals surface area contributed by atoms with Crippen LogP contribution in [0.3, 0.4) is 0 Å². The van der Waals surface area contributed by atoms with Gasteiger partial charge in [0.25, 0.3) is 0 Å². The molecule has 28 heavy (non-hydrogen) atoms. The van der Waals surface area contributed by atoms with Crippen molar-refractivity contribution in [1.82, 2.24) is 14.2 Å². The Morgan fingerprint density at radius 2 is 2.21 bits per heavy atom. The van der Waals surface area contributed by atoms with Gasteiger partial charge in [0.15, 0.2) is 0 Å². The standard InChI is InChI=1S/C21H29FN4S2/c1-4-6-19-20(27-15-23-19)13-25-10-9-21(12-16(25)2)14-24(3)28-26(21)18-8-5-7-17(22)11-18/h5,7-8,11,15-16H,4,6,9-10,12-14H2,1-3H3/t16-,21+/m0/s1. The maximum Gasteiger partial charge on any atom is 0.125 e. The molecule has 0 saturated carbocycles. The molecule has 152 valence electrons. The molecular formula is C21H29FN4S2. The van der Waals surface area contributed by atoms with Crippen molar-refractivity contribution in [2.24, 2.45) is 0 Å². The predicted octanol–water partition coefficient (Wildman–Crippen LogP) is 4.97. The molecule has 3 heterocycles. The second-order valence-electron chi connectivity index (χ2n) is 8.11. The summed E-state index contributed by atoms with van der Waals surface area (Å²) in [6.07, 6.45) is 4.39. The second kappa shape index (κ2) is 8.30. The van der Waals surface area contributed by atoms with Crippen molar-refractivity contribution in [1.29, 1.82) is 0 Å². The lowest BCUT2D eigenvalue weighted by atomic mass is 9.83. The Balaban J connectivity index is 1.51. The first-order chi connectivity index (χ1) is 13.5. The summed E-state index contributed by atoms with van der Waals surface area (Å²) in [5.41, 5.74) is 4.30. The summed E-state index contributed by atoms with van der Waals surface area (Å²) in [7, 11) is 2.14. The topological polar surface area (TPSA) is 22.6 Å². The highest BCUT2D eigenvalue weighted by atomic mass is 32.2. The number of benzene rings is 1. The number of hydrogen-bond acceptors (Lipinski definition) is 6. The van der Waals surface area contributed by atoms with E-state index in [1.165, 1.54) is 16.6 Å². The molecule has 7 heteroatoms. The number of nitrogens with zero attached hydrogens (tertiary/aromatic N) is 4. The summed E-state index contributed by atoms with van der Waals surface area (Å²) < 4.78 is 18.5. The molecule has 0 N–H and O–H groups in total. The average molecular weight is 421 g/mol. The minimum Gasteiger partial charge on any atom is -0.296 e.